The van der Waals surface area contributed by atoms with Crippen LogP contribution in [-0.4, -0.2) is 6.21 Å². The lowest BCUT2D eigenvalue weighted by Crippen LogP contribution is -2.02. The number of hydrogen-bond acceptors (Lipinski definition) is 1. The van der Waals surface area contributed by atoms with Gasteiger partial charge in [0, 0.05) is 12.1 Å². The van der Waals surface area contributed by atoms with Gasteiger partial charge < -0.3 is 5.41 Å². The highest BCUT2D eigenvalue weighted by Crippen LogP contribution is 2.25. The van der Waals surface area contributed by atoms with Gasteiger partial charge in [-0.3, -0.25) is 0 Å². The highest BCUT2D eigenvalue weighted by Gasteiger charge is 2.10. The zero-order valence-electron chi connectivity index (χ0n) is 7.09. The maximum atomic E-state index is 6.84. The monoisotopic (exact) mass is 159 g/mol. The molecule has 1 aliphatic carbocycles. The first-order valence-corrected chi connectivity index (χ1v) is 3.95. The second kappa shape index (κ2) is 3.86. The fourth-order valence-electron chi connectivity index (χ4n) is 1.22. The van der Waals surface area contributed by atoms with Gasteiger partial charge in [-0.25, -0.2) is 0 Å². The van der Waals surface area contributed by atoms with Gasteiger partial charge in [-0.15, -0.1) is 0 Å². The lowest BCUT2D eigenvalue weighted by molar-refractivity contribution is 0.888. The molecule has 1 heteroatoms. The second-order valence-corrected chi connectivity index (χ2v) is 2.93. The van der Waals surface area contributed by atoms with E-state index >= 15 is 0 Å². The fraction of sp³-hybridized carbons (Fsp3) is 0.182. The van der Waals surface area contributed by atoms with Crippen molar-refractivity contribution in [2.45, 2.75) is 6.42 Å². The predicted octanol–water partition coefficient (Wildman–Crippen LogP) is 2.88. The molecule has 0 saturated carbocycles. The molecular formula is C11H13N. The molecule has 1 aliphatic rings. The minimum atomic E-state index is 0.289. The first-order chi connectivity index (χ1) is 5.74. The third-order valence-corrected chi connectivity index (χ3v) is 1.88. The van der Waals surface area contributed by atoms with Crippen molar-refractivity contribution in [3.63, 3.8) is 0 Å². The van der Waals surface area contributed by atoms with E-state index < -0.39 is 0 Å². The van der Waals surface area contributed by atoms with Crippen LogP contribution in [0.4, 0.5) is 0 Å². The Hall–Kier alpha value is -1.37. The lowest BCUT2D eigenvalue weighted by Gasteiger charge is -2.16. The van der Waals surface area contributed by atoms with Crippen LogP contribution < -0.4 is 0 Å². The summed E-state index contributed by atoms with van der Waals surface area (Å²) in [5, 5.41) is 6.84. The third-order valence-electron chi connectivity index (χ3n) is 1.88. The van der Waals surface area contributed by atoms with Crippen LogP contribution in [0.15, 0.2) is 48.6 Å². The molecule has 12 heavy (non-hydrogen) atoms. The van der Waals surface area contributed by atoms with Crippen molar-refractivity contribution in [1.82, 2.24) is 0 Å². The Balaban J connectivity index is 2.72. The van der Waals surface area contributed by atoms with Gasteiger partial charge in [0.1, 0.15) is 0 Å². The largest absolute Gasteiger partial charge is 0.309 e. The van der Waals surface area contributed by atoms with Crippen LogP contribution in [0, 0.1) is 11.3 Å². The second-order valence-electron chi connectivity index (χ2n) is 2.93. The molecule has 0 fully saturated rings. The van der Waals surface area contributed by atoms with Crippen molar-refractivity contribution >= 4 is 6.21 Å². The molecule has 0 amide bonds. The van der Waals surface area contributed by atoms with Gasteiger partial charge in [-0.1, -0.05) is 42.5 Å². The number of allylic oxidation sites excluding steroid dienone is 6. The van der Waals surface area contributed by atoms with Gasteiger partial charge in [-0.2, -0.15) is 0 Å². The van der Waals surface area contributed by atoms with E-state index in [1.165, 1.54) is 6.21 Å². The minimum absolute atomic E-state index is 0.289. The van der Waals surface area contributed by atoms with Crippen LogP contribution in [-0.2, 0) is 0 Å². The van der Waals surface area contributed by atoms with Gasteiger partial charge in [0.2, 0.25) is 0 Å². The maximum Gasteiger partial charge on any atom is 0.0174 e. The Morgan fingerprint density at radius 1 is 1.50 bits per heavy atom. The molecular weight excluding hydrogens is 146 g/mol. The summed E-state index contributed by atoms with van der Waals surface area (Å²) in [6.07, 6.45) is 9.95. The molecule has 1 atom stereocenters. The molecule has 62 valence electrons. The third kappa shape index (κ3) is 2.06. The van der Waals surface area contributed by atoms with Gasteiger partial charge >= 0.3 is 0 Å². The molecule has 1 N–H and O–H groups in total. The molecule has 1 nitrogen and oxygen atoms in total. The highest BCUT2D eigenvalue weighted by molar-refractivity contribution is 5.67. The molecule has 0 bridgehead atoms. The Labute approximate surface area is 73.3 Å². The minimum Gasteiger partial charge on any atom is -0.309 e. The van der Waals surface area contributed by atoms with Crippen LogP contribution in [0.1, 0.15) is 6.42 Å². The molecule has 1 rings (SSSR count). The summed E-state index contributed by atoms with van der Waals surface area (Å²) in [6.45, 7) is 7.82. The van der Waals surface area contributed by atoms with Crippen LogP contribution in [0.25, 0.3) is 0 Å². The summed E-state index contributed by atoms with van der Waals surface area (Å²) in [6, 6.07) is 0. The van der Waals surface area contributed by atoms with E-state index in [4.69, 9.17) is 5.41 Å². The zero-order valence-corrected chi connectivity index (χ0v) is 7.09. The molecule has 0 aromatic carbocycles. The summed E-state index contributed by atoms with van der Waals surface area (Å²) in [5.41, 5.74) is 2.26. The van der Waals surface area contributed by atoms with Crippen LogP contribution >= 0.6 is 0 Å². The van der Waals surface area contributed by atoms with Crippen molar-refractivity contribution < 1.29 is 0 Å². The summed E-state index contributed by atoms with van der Waals surface area (Å²) in [4.78, 5) is 0. The van der Waals surface area contributed by atoms with Crippen LogP contribution in [0.2, 0.25) is 0 Å². The van der Waals surface area contributed by atoms with Crippen LogP contribution in [0.5, 0.6) is 0 Å². The zero-order chi connectivity index (χ0) is 8.97. The average molecular weight is 159 g/mol. The van der Waals surface area contributed by atoms with Gasteiger partial charge in [0.05, 0.1) is 0 Å². The van der Waals surface area contributed by atoms with E-state index in [2.05, 4.69) is 19.2 Å². The lowest BCUT2D eigenvalue weighted by atomic mass is 9.88. The Kier molecular flexibility index (Phi) is 2.81. The van der Waals surface area contributed by atoms with Crippen molar-refractivity contribution in [2.75, 3.05) is 0 Å². The number of nitrogens with one attached hydrogen (secondary N) is 1. The van der Waals surface area contributed by atoms with Crippen molar-refractivity contribution in [1.29, 1.82) is 5.41 Å². The van der Waals surface area contributed by atoms with Gasteiger partial charge in [-0.05, 0) is 12.5 Å². The van der Waals surface area contributed by atoms with Gasteiger partial charge in [0.25, 0.3) is 0 Å². The SMILES string of the molecule is C=C1C=CC(/C=C\C=N)C(=C)C1. The van der Waals surface area contributed by atoms with Gasteiger partial charge in [0.15, 0.2) is 0 Å². The summed E-state index contributed by atoms with van der Waals surface area (Å²) in [7, 11) is 0. The predicted molar refractivity (Wildman–Crippen MR) is 53.5 cm³/mol. The Bertz CT molecular complexity index is 269. The van der Waals surface area contributed by atoms with E-state index in [1.807, 2.05) is 12.2 Å². The summed E-state index contributed by atoms with van der Waals surface area (Å²) in [5.74, 6) is 0.289. The molecule has 0 aromatic rings. The Morgan fingerprint density at radius 3 is 2.83 bits per heavy atom. The standard InChI is InChI=1S/C11H13N/c1-9-5-6-11(4-3-7-12)10(2)8-9/h3-7,11-12H,1-2,8H2/b4-3-,12-7?. The van der Waals surface area contributed by atoms with Crippen molar-refractivity contribution in [3.05, 3.63) is 48.6 Å². The molecule has 0 saturated heterocycles. The maximum absolute atomic E-state index is 6.84. The number of hydrogen-bond donors (Lipinski definition) is 1. The molecule has 0 heterocycles. The topological polar surface area (TPSA) is 23.9 Å². The molecule has 0 radical (unpaired) electrons. The van der Waals surface area contributed by atoms with E-state index in [0.717, 1.165) is 17.6 Å². The number of rotatable bonds is 2. The molecule has 0 aliphatic heterocycles. The molecule has 1 unspecified atom stereocenters. The quantitative estimate of drug-likeness (QED) is 0.473. The van der Waals surface area contributed by atoms with Crippen LogP contribution in [0.3, 0.4) is 0 Å². The summed E-state index contributed by atoms with van der Waals surface area (Å²) >= 11 is 0. The van der Waals surface area contributed by atoms with E-state index in [1.54, 1.807) is 6.08 Å². The normalized spacial score (nSPS) is 23.5. The molecule has 0 spiro atoms. The van der Waals surface area contributed by atoms with E-state index in [-0.39, 0.29) is 5.92 Å². The molecule has 0 aromatic heterocycles. The Morgan fingerprint density at radius 2 is 2.25 bits per heavy atom. The van der Waals surface area contributed by atoms with Crippen molar-refractivity contribution in [2.24, 2.45) is 5.92 Å². The smallest absolute Gasteiger partial charge is 0.0174 e. The highest BCUT2D eigenvalue weighted by atomic mass is 14.3. The average Bonchev–Trinajstić information content (AvgIpc) is 2.03. The first kappa shape index (κ1) is 8.72. The van der Waals surface area contributed by atoms with E-state index in [9.17, 15) is 0 Å². The fourth-order valence-corrected chi connectivity index (χ4v) is 1.22. The van der Waals surface area contributed by atoms with E-state index in [0.29, 0.717) is 0 Å². The summed E-state index contributed by atoms with van der Waals surface area (Å²) < 4.78 is 0. The first-order valence-electron chi connectivity index (χ1n) is 3.95. The van der Waals surface area contributed by atoms with Crippen molar-refractivity contribution in [3.8, 4) is 0 Å².